The molecule has 6 nitrogen and oxygen atoms in total. The van der Waals surface area contributed by atoms with Gasteiger partial charge in [-0.15, -0.1) is 0 Å². The Morgan fingerprint density at radius 1 is 0.833 bits per heavy atom. The molecule has 0 aliphatic carbocycles. The zero-order chi connectivity index (χ0) is 25.1. The normalized spacial score (nSPS) is 16.9. The second-order valence-electron chi connectivity index (χ2n) is 9.75. The van der Waals surface area contributed by atoms with Crippen molar-refractivity contribution in [2.45, 2.75) is 43.7 Å². The maximum Gasteiger partial charge on any atom is 0.258 e. The smallest absolute Gasteiger partial charge is 0.258 e. The molecule has 0 radical (unpaired) electrons. The molecule has 1 saturated heterocycles. The molecule has 3 aromatic carbocycles. The Balaban J connectivity index is 1.22. The van der Waals surface area contributed by atoms with E-state index in [0.717, 1.165) is 45.3 Å². The molecule has 1 amide bonds. The van der Waals surface area contributed by atoms with Gasteiger partial charge in [-0.1, -0.05) is 42.8 Å². The topological polar surface area (TPSA) is 60.9 Å². The maximum atomic E-state index is 13.1. The van der Waals surface area contributed by atoms with Gasteiger partial charge in [0.05, 0.1) is 4.90 Å². The fourth-order valence-electron chi connectivity index (χ4n) is 5.11. The molecular weight excluding hydrogens is 470 g/mol. The van der Waals surface area contributed by atoms with Crippen LogP contribution in [-0.2, 0) is 29.5 Å². The highest BCUT2D eigenvalue weighted by Gasteiger charge is 2.26. The average Bonchev–Trinajstić information content (AvgIpc) is 2.93. The van der Waals surface area contributed by atoms with E-state index in [1.807, 2.05) is 24.3 Å². The second kappa shape index (κ2) is 10.5. The highest BCUT2D eigenvalue weighted by molar-refractivity contribution is 7.89. The molecule has 0 spiro atoms. The highest BCUT2D eigenvalue weighted by Crippen LogP contribution is 2.24. The number of carbonyl (C=O) groups excluding carboxylic acids is 1. The zero-order valence-corrected chi connectivity index (χ0v) is 21.6. The number of anilines is 1. The van der Waals surface area contributed by atoms with Gasteiger partial charge >= 0.3 is 0 Å². The summed E-state index contributed by atoms with van der Waals surface area (Å²) in [6.45, 7) is 3.98. The van der Waals surface area contributed by atoms with Crippen LogP contribution >= 0.6 is 0 Å². The SMILES string of the molecule is CN(C(=O)c1ccc(CN2CCc3ccccc3C2)cc1)c1ccc(S(=O)(=O)N2CCCCC2)cc1. The summed E-state index contributed by atoms with van der Waals surface area (Å²) in [6.07, 6.45) is 3.94. The molecule has 1 fully saturated rings. The molecule has 0 atom stereocenters. The minimum absolute atomic E-state index is 0.125. The van der Waals surface area contributed by atoms with Crippen LogP contribution in [0.25, 0.3) is 0 Å². The van der Waals surface area contributed by atoms with Gasteiger partial charge in [0.2, 0.25) is 10.0 Å². The summed E-state index contributed by atoms with van der Waals surface area (Å²) in [5.74, 6) is -0.125. The lowest BCUT2D eigenvalue weighted by molar-refractivity contribution is 0.0993. The van der Waals surface area contributed by atoms with Gasteiger partial charge in [0, 0.05) is 51.0 Å². The van der Waals surface area contributed by atoms with Crippen LogP contribution in [0.1, 0.15) is 46.3 Å². The van der Waals surface area contributed by atoms with Crippen LogP contribution in [0.5, 0.6) is 0 Å². The predicted octanol–water partition coefficient (Wildman–Crippen LogP) is 4.70. The van der Waals surface area contributed by atoms with Crippen molar-refractivity contribution in [1.82, 2.24) is 9.21 Å². The molecule has 5 rings (SSSR count). The van der Waals surface area contributed by atoms with Crippen molar-refractivity contribution in [3.8, 4) is 0 Å². The minimum atomic E-state index is -3.48. The molecule has 0 unspecified atom stereocenters. The summed E-state index contributed by atoms with van der Waals surface area (Å²) in [6, 6.07) is 23.0. The number of amides is 1. The van der Waals surface area contributed by atoms with Crippen molar-refractivity contribution < 1.29 is 13.2 Å². The Kier molecular flexibility index (Phi) is 7.23. The molecule has 0 aromatic heterocycles. The van der Waals surface area contributed by atoms with Crippen molar-refractivity contribution in [2.24, 2.45) is 0 Å². The Morgan fingerprint density at radius 2 is 1.50 bits per heavy atom. The van der Waals surface area contributed by atoms with Crippen LogP contribution in [0.3, 0.4) is 0 Å². The number of rotatable bonds is 6. The van der Waals surface area contributed by atoms with E-state index >= 15 is 0 Å². The Bertz CT molecular complexity index is 1310. The number of benzene rings is 3. The second-order valence-corrected chi connectivity index (χ2v) is 11.7. The molecule has 188 valence electrons. The summed E-state index contributed by atoms with van der Waals surface area (Å²) < 4.78 is 27.4. The van der Waals surface area contributed by atoms with E-state index in [1.54, 1.807) is 40.5 Å². The summed E-state index contributed by atoms with van der Waals surface area (Å²) >= 11 is 0. The van der Waals surface area contributed by atoms with Crippen molar-refractivity contribution in [3.05, 3.63) is 95.1 Å². The third kappa shape index (κ3) is 5.24. The Hall–Kier alpha value is -3.00. The van der Waals surface area contributed by atoms with Gasteiger partial charge in [0.1, 0.15) is 0 Å². The van der Waals surface area contributed by atoms with E-state index in [2.05, 4.69) is 29.2 Å². The predicted molar refractivity (Wildman–Crippen MR) is 142 cm³/mol. The van der Waals surface area contributed by atoms with Gasteiger partial charge in [0.15, 0.2) is 0 Å². The van der Waals surface area contributed by atoms with Gasteiger partial charge in [-0.05, 0) is 72.4 Å². The zero-order valence-electron chi connectivity index (χ0n) is 20.8. The van der Waals surface area contributed by atoms with E-state index in [-0.39, 0.29) is 10.8 Å². The first-order chi connectivity index (χ1) is 17.4. The van der Waals surface area contributed by atoms with E-state index < -0.39 is 10.0 Å². The number of sulfonamides is 1. The van der Waals surface area contributed by atoms with Crippen molar-refractivity contribution >= 4 is 21.6 Å². The fraction of sp³-hybridized carbons (Fsp3) is 0.345. The molecule has 36 heavy (non-hydrogen) atoms. The molecule has 0 N–H and O–H groups in total. The molecule has 0 bridgehead atoms. The molecule has 2 aliphatic heterocycles. The van der Waals surface area contributed by atoms with Gasteiger partial charge in [-0.3, -0.25) is 9.69 Å². The Morgan fingerprint density at radius 3 is 2.19 bits per heavy atom. The molecular formula is C29H33N3O3S. The first-order valence-electron chi connectivity index (χ1n) is 12.7. The number of hydrogen-bond donors (Lipinski definition) is 0. The quantitative estimate of drug-likeness (QED) is 0.489. The Labute approximate surface area is 214 Å². The number of nitrogens with zero attached hydrogens (tertiary/aromatic N) is 3. The fourth-order valence-corrected chi connectivity index (χ4v) is 6.62. The van der Waals surface area contributed by atoms with Gasteiger partial charge < -0.3 is 4.90 Å². The standard InChI is InChI=1S/C29H33N3O3S/c1-30(27-13-15-28(16-14-27)36(34,35)32-18-5-2-6-19-32)29(33)25-11-9-23(10-12-25)21-31-20-17-24-7-3-4-8-26(24)22-31/h3-4,7-16H,2,5-6,17-22H2,1H3. The summed E-state index contributed by atoms with van der Waals surface area (Å²) in [5, 5.41) is 0. The lowest BCUT2D eigenvalue weighted by Crippen LogP contribution is -2.35. The van der Waals surface area contributed by atoms with Crippen LogP contribution in [0.15, 0.2) is 77.7 Å². The van der Waals surface area contributed by atoms with E-state index in [1.165, 1.54) is 16.7 Å². The molecule has 2 heterocycles. The third-order valence-electron chi connectivity index (χ3n) is 7.30. The number of piperidine rings is 1. The van der Waals surface area contributed by atoms with E-state index in [4.69, 9.17) is 0 Å². The van der Waals surface area contributed by atoms with Gasteiger partial charge in [-0.2, -0.15) is 4.31 Å². The van der Waals surface area contributed by atoms with Crippen LogP contribution in [0.4, 0.5) is 5.69 Å². The number of hydrogen-bond acceptors (Lipinski definition) is 4. The minimum Gasteiger partial charge on any atom is -0.311 e. The monoisotopic (exact) mass is 503 g/mol. The van der Waals surface area contributed by atoms with Crippen molar-refractivity contribution in [2.75, 3.05) is 31.6 Å². The van der Waals surface area contributed by atoms with Gasteiger partial charge in [-0.25, -0.2) is 8.42 Å². The summed E-state index contributed by atoms with van der Waals surface area (Å²) in [4.78, 5) is 17.4. The first-order valence-corrected chi connectivity index (χ1v) is 14.1. The number of carbonyl (C=O) groups is 1. The molecule has 0 saturated carbocycles. The van der Waals surface area contributed by atoms with Crippen LogP contribution in [0.2, 0.25) is 0 Å². The van der Waals surface area contributed by atoms with Crippen LogP contribution in [-0.4, -0.2) is 50.2 Å². The van der Waals surface area contributed by atoms with Crippen LogP contribution in [0, 0.1) is 0 Å². The largest absolute Gasteiger partial charge is 0.311 e. The van der Waals surface area contributed by atoms with Gasteiger partial charge in [0.25, 0.3) is 5.91 Å². The molecule has 7 heteroatoms. The van der Waals surface area contributed by atoms with Crippen LogP contribution < -0.4 is 4.90 Å². The molecule has 2 aliphatic rings. The van der Waals surface area contributed by atoms with Crippen molar-refractivity contribution in [1.29, 1.82) is 0 Å². The number of fused-ring (bicyclic) bond motifs is 1. The van der Waals surface area contributed by atoms with E-state index in [9.17, 15) is 13.2 Å². The van der Waals surface area contributed by atoms with Crippen molar-refractivity contribution in [3.63, 3.8) is 0 Å². The molecule has 3 aromatic rings. The first kappa shape index (κ1) is 24.7. The summed E-state index contributed by atoms with van der Waals surface area (Å²) in [5.41, 5.74) is 5.28. The average molecular weight is 504 g/mol. The summed E-state index contributed by atoms with van der Waals surface area (Å²) in [7, 11) is -1.77. The maximum absolute atomic E-state index is 13.1. The third-order valence-corrected chi connectivity index (χ3v) is 9.21. The van der Waals surface area contributed by atoms with E-state index in [0.29, 0.717) is 24.3 Å². The highest BCUT2D eigenvalue weighted by atomic mass is 32.2. The lowest BCUT2D eigenvalue weighted by atomic mass is 9.99. The lowest BCUT2D eigenvalue weighted by Gasteiger charge is -2.28.